The van der Waals surface area contributed by atoms with Crippen LogP contribution in [-0.4, -0.2) is 22.3 Å². The summed E-state index contributed by atoms with van der Waals surface area (Å²) >= 11 is 1.60. The third-order valence-electron chi connectivity index (χ3n) is 4.02. The van der Waals surface area contributed by atoms with E-state index in [4.69, 9.17) is 0 Å². The fourth-order valence-electron chi connectivity index (χ4n) is 2.77. The molecule has 0 aliphatic heterocycles. The Morgan fingerprint density at radius 1 is 1.29 bits per heavy atom. The average Bonchev–Trinajstić information content (AvgIpc) is 3.02. The molecule has 4 heteroatoms. The summed E-state index contributed by atoms with van der Waals surface area (Å²) in [6, 6.07) is 10.4. The minimum Gasteiger partial charge on any atom is -0.332 e. The van der Waals surface area contributed by atoms with E-state index < -0.39 is 0 Å². The number of carbonyl (C=O) groups is 1. The first-order valence-electron chi connectivity index (χ1n) is 8.61. The van der Waals surface area contributed by atoms with Gasteiger partial charge in [0.05, 0.1) is 16.7 Å². The molecule has 1 aromatic carbocycles. The molecule has 0 bridgehead atoms. The van der Waals surface area contributed by atoms with Gasteiger partial charge in [0, 0.05) is 18.0 Å². The molecule has 0 unspecified atom stereocenters. The van der Waals surface area contributed by atoms with E-state index in [1.165, 1.54) is 5.56 Å². The van der Waals surface area contributed by atoms with Crippen LogP contribution in [0.1, 0.15) is 55.4 Å². The molecule has 2 aromatic rings. The number of aromatic nitrogens is 1. The van der Waals surface area contributed by atoms with Gasteiger partial charge >= 0.3 is 0 Å². The summed E-state index contributed by atoms with van der Waals surface area (Å²) < 4.78 is 0. The van der Waals surface area contributed by atoms with Gasteiger partial charge in [-0.2, -0.15) is 0 Å². The number of amides is 1. The van der Waals surface area contributed by atoms with Crippen LogP contribution in [0.15, 0.2) is 41.8 Å². The summed E-state index contributed by atoms with van der Waals surface area (Å²) in [5.74, 6) is 0.0600. The molecule has 0 aliphatic carbocycles. The molecule has 0 radical (unpaired) electrons. The molecule has 1 heterocycles. The predicted molar refractivity (Wildman–Crippen MR) is 102 cm³/mol. The monoisotopic (exact) mass is 342 g/mol. The molecular weight excluding hydrogens is 316 g/mol. The number of rotatable bonds is 8. The van der Waals surface area contributed by atoms with Crippen molar-refractivity contribution in [3.8, 4) is 0 Å². The van der Waals surface area contributed by atoms with Crippen molar-refractivity contribution in [3.05, 3.63) is 58.1 Å². The first kappa shape index (κ1) is 18.4. The van der Waals surface area contributed by atoms with Crippen LogP contribution >= 0.6 is 11.3 Å². The Kier molecular flexibility index (Phi) is 7.19. The van der Waals surface area contributed by atoms with Crippen molar-refractivity contribution < 1.29 is 4.79 Å². The second kappa shape index (κ2) is 9.38. The van der Waals surface area contributed by atoms with Gasteiger partial charge < -0.3 is 4.90 Å². The first-order chi connectivity index (χ1) is 11.7. The average molecular weight is 343 g/mol. The van der Waals surface area contributed by atoms with Gasteiger partial charge in [0.2, 0.25) is 5.91 Å². The van der Waals surface area contributed by atoms with Crippen LogP contribution in [0, 0.1) is 6.92 Å². The van der Waals surface area contributed by atoms with E-state index in [1.54, 1.807) is 17.4 Å². The highest BCUT2D eigenvalue weighted by Crippen LogP contribution is 2.25. The number of nitrogens with zero attached hydrogens (tertiary/aromatic N) is 2. The third kappa shape index (κ3) is 5.03. The second-order valence-electron chi connectivity index (χ2n) is 5.84. The molecule has 2 rings (SSSR count). The molecule has 3 nitrogen and oxygen atoms in total. The molecular formula is C20H26N2OS. The predicted octanol–water partition coefficient (Wildman–Crippen LogP) is 5.24. The molecule has 0 aliphatic rings. The highest BCUT2D eigenvalue weighted by atomic mass is 32.1. The minimum atomic E-state index is 0.0600. The summed E-state index contributed by atoms with van der Waals surface area (Å²) in [6.45, 7) is 7.04. The number of carbonyl (C=O) groups excluding carboxylic acids is 1. The highest BCUT2D eigenvalue weighted by Gasteiger charge is 2.21. The van der Waals surface area contributed by atoms with Gasteiger partial charge in [-0.3, -0.25) is 4.79 Å². The number of hydrogen-bond acceptors (Lipinski definition) is 3. The summed E-state index contributed by atoms with van der Waals surface area (Å²) in [6.07, 6.45) is 6.48. The van der Waals surface area contributed by atoms with Crippen molar-refractivity contribution in [2.24, 2.45) is 0 Å². The Bertz CT molecular complexity index is 663. The van der Waals surface area contributed by atoms with Gasteiger partial charge in [-0.1, -0.05) is 50.6 Å². The number of benzene rings is 1. The number of aryl methyl sites for hydroxylation is 1. The Morgan fingerprint density at radius 2 is 2.04 bits per heavy atom. The largest absolute Gasteiger partial charge is 0.332 e. The molecule has 0 N–H and O–H groups in total. The zero-order valence-electron chi connectivity index (χ0n) is 14.7. The fraction of sp³-hybridized carbons (Fsp3) is 0.400. The summed E-state index contributed by atoms with van der Waals surface area (Å²) in [5.41, 5.74) is 2.05. The van der Waals surface area contributed by atoms with Crippen LogP contribution in [0.3, 0.4) is 0 Å². The zero-order valence-corrected chi connectivity index (χ0v) is 15.6. The van der Waals surface area contributed by atoms with Crippen molar-refractivity contribution in [2.45, 2.75) is 46.1 Å². The van der Waals surface area contributed by atoms with E-state index in [9.17, 15) is 4.79 Å². The Hall–Kier alpha value is -1.94. The van der Waals surface area contributed by atoms with Crippen LogP contribution in [0.25, 0.3) is 6.08 Å². The topological polar surface area (TPSA) is 33.2 Å². The molecule has 0 saturated heterocycles. The van der Waals surface area contributed by atoms with Crippen molar-refractivity contribution in [1.29, 1.82) is 0 Å². The van der Waals surface area contributed by atoms with Crippen molar-refractivity contribution in [2.75, 3.05) is 6.54 Å². The molecule has 0 saturated carbocycles. The summed E-state index contributed by atoms with van der Waals surface area (Å²) in [5, 5.41) is 2.99. The van der Waals surface area contributed by atoms with Gasteiger partial charge in [0.25, 0.3) is 0 Å². The zero-order chi connectivity index (χ0) is 17.4. The van der Waals surface area contributed by atoms with Crippen LogP contribution in [-0.2, 0) is 4.79 Å². The Labute approximate surface area is 149 Å². The highest BCUT2D eigenvalue weighted by molar-refractivity contribution is 7.09. The van der Waals surface area contributed by atoms with E-state index in [1.807, 2.05) is 41.5 Å². The van der Waals surface area contributed by atoms with Crippen LogP contribution in [0.5, 0.6) is 0 Å². The normalized spacial score (nSPS) is 12.5. The van der Waals surface area contributed by atoms with Gasteiger partial charge in [-0.05, 0) is 31.4 Å². The SMILES string of the molecule is CCCCN(C(=O)/C=C\c1csc(C)n1)[C@H](CC)c1ccccc1. The second-order valence-corrected chi connectivity index (χ2v) is 6.91. The summed E-state index contributed by atoms with van der Waals surface area (Å²) in [4.78, 5) is 19.2. The molecule has 0 fully saturated rings. The van der Waals surface area contributed by atoms with Crippen molar-refractivity contribution in [3.63, 3.8) is 0 Å². The lowest BCUT2D eigenvalue weighted by Crippen LogP contribution is -2.34. The van der Waals surface area contributed by atoms with Gasteiger partial charge in [-0.15, -0.1) is 11.3 Å². The van der Waals surface area contributed by atoms with Crippen LogP contribution in [0.4, 0.5) is 0 Å². The molecule has 24 heavy (non-hydrogen) atoms. The number of hydrogen-bond donors (Lipinski definition) is 0. The molecule has 0 spiro atoms. The molecule has 128 valence electrons. The quantitative estimate of drug-likeness (QED) is 0.614. The van der Waals surface area contributed by atoms with E-state index >= 15 is 0 Å². The maximum atomic E-state index is 12.8. The number of unbranched alkanes of at least 4 members (excludes halogenated alkanes) is 1. The first-order valence-corrected chi connectivity index (χ1v) is 9.49. The molecule has 1 amide bonds. The van der Waals surface area contributed by atoms with Gasteiger partial charge in [0.15, 0.2) is 0 Å². The lowest BCUT2D eigenvalue weighted by Gasteiger charge is -2.31. The standard InChI is InChI=1S/C20H26N2OS/c1-4-6-14-22(19(5-2)17-10-8-7-9-11-17)20(23)13-12-18-15-24-16(3)21-18/h7-13,15,19H,4-6,14H2,1-3H3/b13-12-/t19-/m1/s1. The number of thiazole rings is 1. The molecule has 1 aromatic heterocycles. The maximum Gasteiger partial charge on any atom is 0.247 e. The van der Waals surface area contributed by atoms with E-state index in [-0.39, 0.29) is 11.9 Å². The van der Waals surface area contributed by atoms with Crippen LogP contribution < -0.4 is 0 Å². The fourth-order valence-corrected chi connectivity index (χ4v) is 3.35. The van der Waals surface area contributed by atoms with E-state index in [0.717, 1.165) is 36.5 Å². The van der Waals surface area contributed by atoms with E-state index in [2.05, 4.69) is 31.0 Å². The Balaban J connectivity index is 2.19. The van der Waals surface area contributed by atoms with Crippen molar-refractivity contribution in [1.82, 2.24) is 9.88 Å². The van der Waals surface area contributed by atoms with Crippen LogP contribution in [0.2, 0.25) is 0 Å². The third-order valence-corrected chi connectivity index (χ3v) is 4.81. The molecule has 1 atom stereocenters. The minimum absolute atomic E-state index is 0.0600. The Morgan fingerprint density at radius 3 is 2.62 bits per heavy atom. The van der Waals surface area contributed by atoms with Gasteiger partial charge in [0.1, 0.15) is 0 Å². The van der Waals surface area contributed by atoms with E-state index in [0.29, 0.717) is 0 Å². The lowest BCUT2D eigenvalue weighted by atomic mass is 10.0. The lowest BCUT2D eigenvalue weighted by molar-refractivity contribution is -0.128. The smallest absolute Gasteiger partial charge is 0.247 e. The van der Waals surface area contributed by atoms with Gasteiger partial charge in [-0.25, -0.2) is 4.98 Å². The summed E-state index contributed by atoms with van der Waals surface area (Å²) in [7, 11) is 0. The van der Waals surface area contributed by atoms with Crippen molar-refractivity contribution >= 4 is 23.3 Å². The maximum absolute atomic E-state index is 12.8.